The largest absolute Gasteiger partial charge is 0.271 e. The van der Waals surface area contributed by atoms with Gasteiger partial charge in [0.05, 0.1) is 21.0 Å². The molecule has 0 radical (unpaired) electrons. The van der Waals surface area contributed by atoms with Crippen LogP contribution in [0, 0.1) is 0 Å². The Hall–Kier alpha value is -1.11. The van der Waals surface area contributed by atoms with Crippen LogP contribution in [0.1, 0.15) is 17.2 Å². The van der Waals surface area contributed by atoms with Gasteiger partial charge >= 0.3 is 0 Å². The lowest BCUT2D eigenvalue weighted by Crippen LogP contribution is -2.29. The second kappa shape index (κ2) is 6.34. The second-order valence-electron chi connectivity index (χ2n) is 4.59. The van der Waals surface area contributed by atoms with Gasteiger partial charge < -0.3 is 0 Å². The molecule has 112 valence electrons. The van der Waals surface area contributed by atoms with Gasteiger partial charge in [0, 0.05) is 6.26 Å². The first-order chi connectivity index (χ1) is 9.84. The number of hydrazine groups is 1. The quantitative estimate of drug-likeness (QED) is 0.660. The van der Waals surface area contributed by atoms with E-state index in [9.17, 15) is 8.42 Å². The van der Waals surface area contributed by atoms with E-state index < -0.39 is 15.9 Å². The Kier molecular flexibility index (Phi) is 4.91. The van der Waals surface area contributed by atoms with Crippen LogP contribution in [0.15, 0.2) is 47.4 Å². The zero-order valence-corrected chi connectivity index (χ0v) is 13.5. The van der Waals surface area contributed by atoms with E-state index in [1.54, 1.807) is 36.4 Å². The number of rotatable bonds is 4. The summed E-state index contributed by atoms with van der Waals surface area (Å²) in [7, 11) is -3.30. The van der Waals surface area contributed by atoms with Crippen LogP contribution >= 0.6 is 23.2 Å². The van der Waals surface area contributed by atoms with E-state index >= 15 is 0 Å². The van der Waals surface area contributed by atoms with Gasteiger partial charge in [-0.25, -0.2) is 13.8 Å². The molecule has 2 aromatic rings. The predicted molar refractivity (Wildman–Crippen MR) is 85.2 cm³/mol. The summed E-state index contributed by atoms with van der Waals surface area (Å²) in [5, 5.41) is 0.792. The van der Waals surface area contributed by atoms with Gasteiger partial charge in [-0.2, -0.15) is 0 Å². The molecule has 0 aliphatic carbocycles. The minimum absolute atomic E-state index is 0.221. The molecule has 0 aliphatic rings. The van der Waals surface area contributed by atoms with Crippen molar-refractivity contribution in [1.29, 1.82) is 0 Å². The second-order valence-corrected chi connectivity index (χ2v) is 7.39. The van der Waals surface area contributed by atoms with Gasteiger partial charge in [0.15, 0.2) is 9.84 Å². The van der Waals surface area contributed by atoms with E-state index in [-0.39, 0.29) is 4.90 Å². The van der Waals surface area contributed by atoms with E-state index in [4.69, 9.17) is 29.0 Å². The minimum Gasteiger partial charge on any atom is -0.271 e. The summed E-state index contributed by atoms with van der Waals surface area (Å²) in [6, 6.07) is 11.3. The van der Waals surface area contributed by atoms with Crippen molar-refractivity contribution < 1.29 is 8.42 Å². The van der Waals surface area contributed by atoms with Gasteiger partial charge in [-0.05, 0) is 29.3 Å². The molecule has 7 heteroatoms. The molecule has 0 spiro atoms. The van der Waals surface area contributed by atoms with Crippen molar-refractivity contribution in [2.45, 2.75) is 10.9 Å². The molecular weight excluding hydrogens is 331 g/mol. The Balaban J connectivity index is 2.55. The average Bonchev–Trinajstić information content (AvgIpc) is 2.44. The van der Waals surface area contributed by atoms with Gasteiger partial charge in [0.2, 0.25) is 0 Å². The number of halogens is 2. The van der Waals surface area contributed by atoms with E-state index in [1.165, 1.54) is 6.07 Å². The third kappa shape index (κ3) is 3.56. The van der Waals surface area contributed by atoms with Crippen molar-refractivity contribution >= 4 is 33.0 Å². The summed E-state index contributed by atoms with van der Waals surface area (Å²) in [5.74, 6) is 5.61. The summed E-state index contributed by atoms with van der Waals surface area (Å²) < 4.78 is 23.3. The maximum Gasteiger partial charge on any atom is 0.175 e. The van der Waals surface area contributed by atoms with Crippen molar-refractivity contribution in [1.82, 2.24) is 5.43 Å². The normalized spacial score (nSPS) is 13.1. The third-order valence-corrected chi connectivity index (χ3v) is 5.02. The van der Waals surface area contributed by atoms with Crippen LogP contribution in [0.25, 0.3) is 0 Å². The topological polar surface area (TPSA) is 72.2 Å². The summed E-state index contributed by atoms with van der Waals surface area (Å²) in [6.45, 7) is 0. The average molecular weight is 345 g/mol. The molecule has 4 nitrogen and oxygen atoms in total. The van der Waals surface area contributed by atoms with Crippen LogP contribution in [-0.2, 0) is 9.84 Å². The maximum atomic E-state index is 11.7. The van der Waals surface area contributed by atoms with Crippen LogP contribution in [0.5, 0.6) is 0 Å². The number of nitrogens with one attached hydrogen (secondary N) is 1. The van der Waals surface area contributed by atoms with E-state index in [2.05, 4.69) is 5.43 Å². The number of nitrogens with two attached hydrogens (primary N) is 1. The van der Waals surface area contributed by atoms with E-state index in [0.717, 1.165) is 6.26 Å². The molecule has 0 heterocycles. The molecule has 2 aromatic carbocycles. The zero-order valence-electron chi connectivity index (χ0n) is 11.2. The summed E-state index contributed by atoms with van der Waals surface area (Å²) >= 11 is 12.2. The lowest BCUT2D eigenvalue weighted by molar-refractivity contribution is 0.600. The van der Waals surface area contributed by atoms with Crippen LogP contribution in [-0.4, -0.2) is 14.7 Å². The molecule has 0 aromatic heterocycles. The van der Waals surface area contributed by atoms with E-state index in [0.29, 0.717) is 21.2 Å². The molecule has 0 saturated heterocycles. The predicted octanol–water partition coefficient (Wildman–Crippen LogP) is 2.95. The maximum absolute atomic E-state index is 11.7. The van der Waals surface area contributed by atoms with Crippen LogP contribution in [0.2, 0.25) is 10.0 Å². The third-order valence-electron chi connectivity index (χ3n) is 3.08. The van der Waals surface area contributed by atoms with E-state index in [1.807, 2.05) is 0 Å². The molecule has 0 amide bonds. The highest BCUT2D eigenvalue weighted by Crippen LogP contribution is 2.33. The lowest BCUT2D eigenvalue weighted by atomic mass is 9.99. The first-order valence-corrected chi connectivity index (χ1v) is 8.69. The summed E-state index contributed by atoms with van der Waals surface area (Å²) in [4.78, 5) is 0.221. The lowest BCUT2D eigenvalue weighted by Gasteiger charge is -2.19. The highest BCUT2D eigenvalue weighted by molar-refractivity contribution is 7.90. The fourth-order valence-electron chi connectivity index (χ4n) is 2.03. The fraction of sp³-hybridized carbons (Fsp3) is 0.143. The van der Waals surface area contributed by atoms with Gasteiger partial charge in [-0.3, -0.25) is 5.84 Å². The van der Waals surface area contributed by atoms with Crippen molar-refractivity contribution in [2.24, 2.45) is 5.84 Å². The Morgan fingerprint density at radius 3 is 2.43 bits per heavy atom. The van der Waals surface area contributed by atoms with Crippen LogP contribution in [0.4, 0.5) is 0 Å². The molecule has 1 atom stereocenters. The van der Waals surface area contributed by atoms with Crippen molar-refractivity contribution in [3.05, 3.63) is 63.6 Å². The minimum atomic E-state index is -3.30. The molecule has 2 rings (SSSR count). The molecule has 0 aliphatic heterocycles. The number of benzene rings is 2. The van der Waals surface area contributed by atoms with Crippen molar-refractivity contribution in [3.8, 4) is 0 Å². The first-order valence-electron chi connectivity index (χ1n) is 6.04. The molecule has 0 fully saturated rings. The van der Waals surface area contributed by atoms with Crippen LogP contribution < -0.4 is 11.3 Å². The van der Waals surface area contributed by atoms with Gasteiger partial charge in [-0.1, -0.05) is 47.5 Å². The zero-order chi connectivity index (χ0) is 15.6. The summed E-state index contributed by atoms with van der Waals surface area (Å²) in [5.41, 5.74) is 4.01. The highest BCUT2D eigenvalue weighted by atomic mass is 35.5. The molecular formula is C14H14Cl2N2O2S. The Labute approximate surface area is 133 Å². The first kappa shape index (κ1) is 16.3. The smallest absolute Gasteiger partial charge is 0.175 e. The van der Waals surface area contributed by atoms with Crippen molar-refractivity contribution in [2.75, 3.05) is 6.26 Å². The SMILES string of the molecule is CS(=O)(=O)c1cccc(C(NN)c2cccc(Cl)c2Cl)c1. The molecule has 0 saturated carbocycles. The Bertz CT molecular complexity index is 763. The van der Waals surface area contributed by atoms with Gasteiger partial charge in [-0.15, -0.1) is 0 Å². The number of hydrogen-bond donors (Lipinski definition) is 2. The van der Waals surface area contributed by atoms with Crippen molar-refractivity contribution in [3.63, 3.8) is 0 Å². The summed E-state index contributed by atoms with van der Waals surface area (Å²) in [6.07, 6.45) is 1.16. The molecule has 21 heavy (non-hydrogen) atoms. The molecule has 1 unspecified atom stereocenters. The van der Waals surface area contributed by atoms with Gasteiger partial charge in [0.1, 0.15) is 0 Å². The Morgan fingerprint density at radius 1 is 1.14 bits per heavy atom. The highest BCUT2D eigenvalue weighted by Gasteiger charge is 2.18. The molecule has 0 bridgehead atoms. The van der Waals surface area contributed by atoms with Gasteiger partial charge in [0.25, 0.3) is 0 Å². The number of sulfone groups is 1. The standard InChI is InChI=1S/C14H14Cl2N2O2S/c1-21(19,20)10-5-2-4-9(8-10)14(18-17)11-6-3-7-12(15)13(11)16/h2-8,14,18H,17H2,1H3. The van der Waals surface area contributed by atoms with Crippen LogP contribution in [0.3, 0.4) is 0 Å². The fourth-order valence-corrected chi connectivity index (χ4v) is 3.13. The monoisotopic (exact) mass is 344 g/mol. The number of hydrogen-bond acceptors (Lipinski definition) is 4. The molecule has 3 N–H and O–H groups in total. The Morgan fingerprint density at radius 2 is 1.81 bits per heavy atom.